The highest BCUT2D eigenvalue weighted by atomic mass is 35.5. The van der Waals surface area contributed by atoms with Crippen LogP contribution in [0.2, 0.25) is 0 Å². The smallest absolute Gasteiger partial charge is 0.0580 e. The van der Waals surface area contributed by atoms with Gasteiger partial charge in [-0.15, -0.1) is 23.2 Å². The lowest BCUT2D eigenvalue weighted by atomic mass is 9.46. The maximum Gasteiger partial charge on any atom is 0.0580 e. The Morgan fingerprint density at radius 1 is 0.361 bits per heavy atom. The summed E-state index contributed by atoms with van der Waals surface area (Å²) in [5, 5.41) is -0.216. The van der Waals surface area contributed by atoms with Gasteiger partial charge in [-0.25, -0.2) is 0 Å². The highest BCUT2D eigenvalue weighted by Gasteiger charge is 2.60. The van der Waals surface area contributed by atoms with Gasteiger partial charge in [0.25, 0.3) is 0 Å². The van der Waals surface area contributed by atoms with E-state index in [0.717, 1.165) is 0 Å². The van der Waals surface area contributed by atoms with Crippen LogP contribution in [0.25, 0.3) is 0 Å². The van der Waals surface area contributed by atoms with Crippen molar-refractivity contribution in [1.82, 2.24) is 0 Å². The largest absolute Gasteiger partial charge is 0.121 e. The third-order valence-corrected chi connectivity index (χ3v) is 11.2. The Morgan fingerprint density at radius 3 is 0.889 bits per heavy atom. The monoisotopic (exact) mass is 502 g/mol. The Balaban J connectivity index is 1.43. The summed E-state index contributed by atoms with van der Waals surface area (Å²) in [6.45, 7) is 0. The molecule has 174 valence electrons. The Morgan fingerprint density at radius 2 is 0.611 bits per heavy atom. The number of benzene rings is 4. The zero-order valence-corrected chi connectivity index (χ0v) is 21.1. The lowest BCUT2D eigenvalue weighted by Crippen LogP contribution is -2.52. The van der Waals surface area contributed by atoms with Crippen molar-refractivity contribution < 1.29 is 0 Å². The van der Waals surface area contributed by atoms with Gasteiger partial charge in [-0.2, -0.15) is 0 Å². The van der Waals surface area contributed by atoms with Crippen LogP contribution < -0.4 is 0 Å². The fourth-order valence-corrected chi connectivity index (χ4v) is 9.79. The van der Waals surface area contributed by atoms with Crippen molar-refractivity contribution in [1.29, 1.82) is 0 Å². The quantitative estimate of drug-likeness (QED) is 0.167. The second-order valence-electron chi connectivity index (χ2n) is 11.2. The second kappa shape index (κ2) is 6.94. The van der Waals surface area contributed by atoms with Gasteiger partial charge in [0.2, 0.25) is 0 Å². The van der Waals surface area contributed by atoms with Gasteiger partial charge in [0, 0.05) is 35.5 Å². The van der Waals surface area contributed by atoms with Crippen LogP contribution in [0.5, 0.6) is 0 Å². The number of rotatable bonds is 0. The molecule has 4 aromatic rings. The second-order valence-corrected chi connectivity index (χ2v) is 12.2. The van der Waals surface area contributed by atoms with E-state index < -0.39 is 0 Å². The third-order valence-electron chi connectivity index (χ3n) is 9.95. The minimum Gasteiger partial charge on any atom is -0.121 e. The first-order chi connectivity index (χ1) is 17.8. The molecule has 0 N–H and O–H groups in total. The van der Waals surface area contributed by atoms with E-state index in [-0.39, 0.29) is 46.3 Å². The zero-order chi connectivity index (χ0) is 23.7. The van der Waals surface area contributed by atoms with Crippen LogP contribution in [0.3, 0.4) is 0 Å². The van der Waals surface area contributed by atoms with Crippen molar-refractivity contribution in [3.63, 3.8) is 0 Å². The molecule has 0 saturated heterocycles. The maximum atomic E-state index is 7.51. The first kappa shape index (κ1) is 20.3. The predicted octanol–water partition coefficient (Wildman–Crippen LogP) is 8.33. The van der Waals surface area contributed by atoms with E-state index in [1.807, 2.05) is 0 Å². The molecule has 7 aliphatic rings. The molecule has 0 heterocycles. The van der Waals surface area contributed by atoms with Gasteiger partial charge < -0.3 is 0 Å². The summed E-state index contributed by atoms with van der Waals surface area (Å²) in [7, 11) is 0. The van der Waals surface area contributed by atoms with Gasteiger partial charge in [0.05, 0.1) is 10.8 Å². The van der Waals surface area contributed by atoms with Crippen LogP contribution in [0, 0.1) is 11.8 Å². The summed E-state index contributed by atoms with van der Waals surface area (Å²) < 4.78 is 0. The molecule has 4 aromatic carbocycles. The molecular formula is C34H24Cl2. The molecule has 0 amide bonds. The van der Waals surface area contributed by atoms with Gasteiger partial charge in [-0.3, -0.25) is 0 Å². The first-order valence-corrected chi connectivity index (χ1v) is 14.0. The number of allylic oxidation sites excluding steroid dienone is 2. The van der Waals surface area contributed by atoms with Gasteiger partial charge >= 0.3 is 0 Å². The van der Waals surface area contributed by atoms with Crippen molar-refractivity contribution in [2.75, 3.05) is 0 Å². The van der Waals surface area contributed by atoms with Crippen molar-refractivity contribution in [2.24, 2.45) is 11.8 Å². The molecule has 36 heavy (non-hydrogen) atoms. The van der Waals surface area contributed by atoms with E-state index in [2.05, 4.69) is 97.1 Å². The van der Waals surface area contributed by atoms with E-state index in [1.165, 1.54) is 44.5 Å². The molecule has 0 radical (unpaired) electrons. The maximum absolute atomic E-state index is 7.51. The fourth-order valence-electron chi connectivity index (χ4n) is 8.91. The van der Waals surface area contributed by atoms with Crippen LogP contribution in [0.1, 0.15) is 68.2 Å². The van der Waals surface area contributed by atoms with E-state index >= 15 is 0 Å². The average Bonchev–Trinajstić information content (AvgIpc) is 2.95. The highest BCUT2D eigenvalue weighted by Crippen LogP contribution is 2.70. The van der Waals surface area contributed by atoms with Crippen molar-refractivity contribution >= 4 is 23.2 Å². The summed E-state index contributed by atoms with van der Waals surface area (Å²) in [6.07, 6.45) is 0. The Bertz CT molecular complexity index is 1410. The van der Waals surface area contributed by atoms with E-state index in [0.29, 0.717) is 0 Å². The molecular weight excluding hydrogens is 479 g/mol. The number of alkyl halides is 2. The molecule has 0 spiro atoms. The van der Waals surface area contributed by atoms with Crippen molar-refractivity contribution in [3.05, 3.63) is 153 Å². The third kappa shape index (κ3) is 2.22. The molecule has 2 heteroatoms. The average molecular weight is 503 g/mol. The summed E-state index contributed by atoms with van der Waals surface area (Å²) in [5.41, 5.74) is 14.8. The Hall–Kier alpha value is -2.80. The molecule has 0 fully saturated rings. The van der Waals surface area contributed by atoms with Crippen LogP contribution in [0.4, 0.5) is 0 Å². The van der Waals surface area contributed by atoms with Crippen LogP contribution in [-0.2, 0) is 0 Å². The number of hydrogen-bond acceptors (Lipinski definition) is 0. The molecule has 0 saturated carbocycles. The molecule has 0 aliphatic heterocycles. The number of halogens is 2. The molecule has 7 aliphatic carbocycles. The predicted molar refractivity (Wildman–Crippen MR) is 146 cm³/mol. The molecule has 0 aromatic heterocycles. The molecule has 4 atom stereocenters. The summed E-state index contributed by atoms with van der Waals surface area (Å²) >= 11 is 15.0. The minimum atomic E-state index is -0.108. The highest BCUT2D eigenvalue weighted by molar-refractivity contribution is 6.31. The van der Waals surface area contributed by atoms with Gasteiger partial charge in [-0.05, 0) is 44.5 Å². The molecule has 0 unspecified atom stereocenters. The van der Waals surface area contributed by atoms with E-state index in [9.17, 15) is 0 Å². The van der Waals surface area contributed by atoms with Crippen molar-refractivity contribution in [2.45, 2.75) is 34.4 Å². The lowest BCUT2D eigenvalue weighted by molar-refractivity contribution is 0.315. The molecule has 0 nitrogen and oxygen atoms in total. The topological polar surface area (TPSA) is 0 Å². The normalized spacial score (nSPS) is 33.7. The fraction of sp³-hybridized carbons (Fsp3) is 0.235. The summed E-state index contributed by atoms with van der Waals surface area (Å²) in [6, 6.07) is 36.4. The van der Waals surface area contributed by atoms with Crippen LogP contribution in [0.15, 0.2) is 108 Å². The SMILES string of the molecule is Cl[C@@H]1[C@H](Cl)[C@H]2C(=C3C4c5ccccc5C(c5ccccc54)[C@@H]31)C1c3ccccc3C2c2ccccc21. The van der Waals surface area contributed by atoms with Gasteiger partial charge in [0.1, 0.15) is 0 Å². The van der Waals surface area contributed by atoms with E-state index in [1.54, 1.807) is 11.1 Å². The number of hydrogen-bond donors (Lipinski definition) is 0. The van der Waals surface area contributed by atoms with Gasteiger partial charge in [-0.1, -0.05) is 108 Å². The van der Waals surface area contributed by atoms with E-state index in [4.69, 9.17) is 23.2 Å². The summed E-state index contributed by atoms with van der Waals surface area (Å²) in [5.74, 6) is 1.51. The van der Waals surface area contributed by atoms with Crippen LogP contribution >= 0.6 is 23.2 Å². The summed E-state index contributed by atoms with van der Waals surface area (Å²) in [4.78, 5) is 0. The lowest BCUT2D eigenvalue weighted by Gasteiger charge is -2.59. The van der Waals surface area contributed by atoms with Gasteiger partial charge in [0.15, 0.2) is 0 Å². The molecule has 4 bridgehead atoms. The van der Waals surface area contributed by atoms with Crippen LogP contribution in [-0.4, -0.2) is 10.8 Å². The van der Waals surface area contributed by atoms with Crippen molar-refractivity contribution in [3.8, 4) is 0 Å². The minimum absolute atomic E-state index is 0.108. The zero-order valence-electron chi connectivity index (χ0n) is 19.6. The molecule has 11 rings (SSSR count). The first-order valence-electron chi connectivity index (χ1n) is 13.1. The Kier molecular flexibility index (Phi) is 3.91. The Labute approximate surface area is 221 Å². The standard InChI is InChI=1S/C34H24Cl2/c35-33-31-27-21-13-5-1-9-17(21)25(18-10-2-6-14-22(18)27)29(31)30-26-19-11-3-7-15-23(19)28(32(30)34(33)36)24-16-8-4-12-20(24)26/h1-16,25-28,31-34H/t25?,26?,27?,28?,31-,32+,33-,34+.